The number of esters is 1. The molecule has 1 N–H and O–H groups in total. The van der Waals surface area contributed by atoms with Crippen molar-refractivity contribution in [2.75, 3.05) is 46.4 Å². The Morgan fingerprint density at radius 3 is 2.50 bits per heavy atom. The van der Waals surface area contributed by atoms with Crippen molar-refractivity contribution in [3.8, 4) is 5.75 Å². The van der Waals surface area contributed by atoms with E-state index < -0.39 is 0 Å². The molecule has 0 spiro atoms. The first-order valence-electron chi connectivity index (χ1n) is 8.04. The zero-order valence-corrected chi connectivity index (χ0v) is 13.8. The van der Waals surface area contributed by atoms with Gasteiger partial charge in [-0.2, -0.15) is 0 Å². The summed E-state index contributed by atoms with van der Waals surface area (Å²) in [5, 5.41) is 0. The van der Waals surface area contributed by atoms with Crippen molar-refractivity contribution in [1.82, 2.24) is 4.90 Å². The summed E-state index contributed by atoms with van der Waals surface area (Å²) >= 11 is 0. The Morgan fingerprint density at radius 1 is 1.27 bits per heavy atom. The Morgan fingerprint density at radius 2 is 1.91 bits per heavy atom. The van der Waals surface area contributed by atoms with Crippen LogP contribution in [-0.2, 0) is 4.74 Å². The van der Waals surface area contributed by atoms with Crippen LogP contribution < -0.4 is 9.64 Å². The molecule has 0 aromatic heterocycles. The van der Waals surface area contributed by atoms with Crippen molar-refractivity contribution >= 4 is 5.97 Å². The molecule has 5 nitrogen and oxygen atoms in total. The van der Waals surface area contributed by atoms with Crippen LogP contribution in [0.15, 0.2) is 24.3 Å². The van der Waals surface area contributed by atoms with E-state index >= 15 is 0 Å². The van der Waals surface area contributed by atoms with Crippen molar-refractivity contribution < 1.29 is 19.2 Å². The Hall–Kier alpha value is -1.59. The van der Waals surface area contributed by atoms with Crippen molar-refractivity contribution in [1.29, 1.82) is 0 Å². The molecule has 5 heteroatoms. The van der Waals surface area contributed by atoms with Gasteiger partial charge < -0.3 is 14.4 Å². The van der Waals surface area contributed by atoms with E-state index in [9.17, 15) is 4.79 Å². The molecule has 0 aliphatic carbocycles. The number of quaternary nitrogens is 1. The van der Waals surface area contributed by atoms with Crippen LogP contribution in [0.3, 0.4) is 0 Å². The minimum absolute atomic E-state index is 0.0718. The predicted octanol–water partition coefficient (Wildman–Crippen LogP) is 0.461. The van der Waals surface area contributed by atoms with Crippen LogP contribution in [0, 0.1) is 0 Å². The molecular formula is C17H27N2O3+. The Labute approximate surface area is 132 Å². The number of hydrogen-bond donors (Lipinski definition) is 1. The summed E-state index contributed by atoms with van der Waals surface area (Å²) in [5.41, 5.74) is 0.573. The van der Waals surface area contributed by atoms with Gasteiger partial charge in [0.05, 0.1) is 25.3 Å². The maximum atomic E-state index is 12.1. The second-order valence-electron chi connectivity index (χ2n) is 5.93. The number of nitrogens with one attached hydrogen (secondary N) is 1. The number of likely N-dealkylation sites (N-methyl/N-ethyl adjacent to an activating group) is 1. The molecule has 1 aliphatic heterocycles. The summed E-state index contributed by atoms with van der Waals surface area (Å²) in [4.78, 5) is 16.0. The molecule has 1 aromatic carbocycles. The third-order valence-corrected chi connectivity index (χ3v) is 3.98. The lowest BCUT2D eigenvalue weighted by atomic mass is 10.2. The number of ether oxygens (including phenoxy) is 2. The lowest BCUT2D eigenvalue weighted by molar-refractivity contribution is -0.907. The van der Waals surface area contributed by atoms with Crippen molar-refractivity contribution in [3.63, 3.8) is 0 Å². The number of piperazine rings is 1. The highest BCUT2D eigenvalue weighted by atomic mass is 16.5. The fourth-order valence-electron chi connectivity index (χ4n) is 2.69. The first-order chi connectivity index (χ1) is 10.6. The first kappa shape index (κ1) is 16.8. The molecule has 0 bridgehead atoms. The highest BCUT2D eigenvalue weighted by molar-refractivity contribution is 5.89. The molecule has 1 atom stereocenters. The van der Waals surface area contributed by atoms with Gasteiger partial charge in [-0.25, -0.2) is 4.79 Å². The quantitative estimate of drug-likeness (QED) is 0.776. The second kappa shape index (κ2) is 8.15. The number of rotatable bonds is 6. The maximum Gasteiger partial charge on any atom is 0.338 e. The van der Waals surface area contributed by atoms with Crippen LogP contribution >= 0.6 is 0 Å². The number of hydrogen-bond acceptors (Lipinski definition) is 4. The lowest BCUT2D eigenvalue weighted by Crippen LogP contribution is -3.15. The van der Waals surface area contributed by atoms with Gasteiger partial charge in [0, 0.05) is 13.1 Å². The molecule has 0 radical (unpaired) electrons. The fourth-order valence-corrected chi connectivity index (χ4v) is 2.69. The second-order valence-corrected chi connectivity index (χ2v) is 5.93. The summed E-state index contributed by atoms with van der Waals surface area (Å²) in [7, 11) is 2.14. The third kappa shape index (κ3) is 5.00. The highest BCUT2D eigenvalue weighted by Crippen LogP contribution is 2.13. The van der Waals surface area contributed by atoms with Gasteiger partial charge in [0.1, 0.15) is 18.4 Å². The van der Waals surface area contributed by atoms with Crippen LogP contribution in [-0.4, -0.2) is 63.4 Å². The van der Waals surface area contributed by atoms with E-state index in [4.69, 9.17) is 9.47 Å². The number of benzene rings is 1. The van der Waals surface area contributed by atoms with Gasteiger partial charge in [0.2, 0.25) is 0 Å². The van der Waals surface area contributed by atoms with Crippen LogP contribution in [0.1, 0.15) is 24.2 Å². The molecule has 1 aromatic rings. The van der Waals surface area contributed by atoms with E-state index in [1.165, 1.54) is 4.90 Å². The Kier molecular flexibility index (Phi) is 6.21. The molecular weight excluding hydrogens is 280 g/mol. The SMILES string of the molecule is CCOc1ccc(C(=O)OC(C)C[NH+]2CCN(C)CC2)cc1. The molecule has 0 amide bonds. The van der Waals surface area contributed by atoms with E-state index in [2.05, 4.69) is 11.9 Å². The van der Waals surface area contributed by atoms with Crippen LogP contribution in [0.25, 0.3) is 0 Å². The molecule has 1 fully saturated rings. The Bertz CT molecular complexity index is 467. The van der Waals surface area contributed by atoms with E-state index in [0.29, 0.717) is 12.2 Å². The van der Waals surface area contributed by atoms with Gasteiger partial charge in [0.15, 0.2) is 0 Å². The van der Waals surface area contributed by atoms with Crippen molar-refractivity contribution in [2.24, 2.45) is 0 Å². The van der Waals surface area contributed by atoms with E-state index in [1.807, 2.05) is 13.8 Å². The smallest absolute Gasteiger partial charge is 0.338 e. The van der Waals surface area contributed by atoms with Gasteiger partial charge >= 0.3 is 5.97 Å². The minimum Gasteiger partial charge on any atom is -0.494 e. The first-order valence-corrected chi connectivity index (χ1v) is 8.04. The van der Waals surface area contributed by atoms with E-state index in [0.717, 1.165) is 38.5 Å². The molecule has 1 heterocycles. The zero-order chi connectivity index (χ0) is 15.9. The third-order valence-electron chi connectivity index (χ3n) is 3.98. The zero-order valence-electron chi connectivity index (χ0n) is 13.8. The van der Waals surface area contributed by atoms with Crippen LogP contribution in [0.2, 0.25) is 0 Å². The monoisotopic (exact) mass is 307 g/mol. The number of carbonyl (C=O) groups is 1. The normalized spacial score (nSPS) is 18.0. The molecule has 2 rings (SSSR count). The minimum atomic E-state index is -0.260. The Balaban J connectivity index is 1.80. The fraction of sp³-hybridized carbons (Fsp3) is 0.588. The molecule has 1 saturated heterocycles. The van der Waals surface area contributed by atoms with Crippen molar-refractivity contribution in [3.05, 3.63) is 29.8 Å². The average molecular weight is 307 g/mol. The summed E-state index contributed by atoms with van der Waals surface area (Å²) in [5.74, 6) is 0.512. The molecule has 1 unspecified atom stereocenters. The number of nitrogens with zero attached hydrogens (tertiary/aromatic N) is 1. The summed E-state index contributed by atoms with van der Waals surface area (Å²) in [6.45, 7) is 9.83. The van der Waals surface area contributed by atoms with E-state index in [1.54, 1.807) is 24.3 Å². The van der Waals surface area contributed by atoms with Gasteiger partial charge in [-0.1, -0.05) is 0 Å². The average Bonchev–Trinajstić information content (AvgIpc) is 2.50. The van der Waals surface area contributed by atoms with Gasteiger partial charge in [-0.05, 0) is 45.2 Å². The standard InChI is InChI=1S/C17H26N2O3/c1-4-21-16-7-5-15(6-8-16)17(20)22-14(2)13-19-11-9-18(3)10-12-19/h5-8,14H,4,9-13H2,1-3H3/p+1. The highest BCUT2D eigenvalue weighted by Gasteiger charge is 2.21. The van der Waals surface area contributed by atoms with E-state index in [-0.39, 0.29) is 12.1 Å². The summed E-state index contributed by atoms with van der Waals surface area (Å²) in [6.07, 6.45) is -0.0718. The van der Waals surface area contributed by atoms with Gasteiger partial charge in [0.25, 0.3) is 0 Å². The summed E-state index contributed by atoms with van der Waals surface area (Å²) in [6, 6.07) is 7.11. The maximum absolute atomic E-state index is 12.1. The van der Waals surface area contributed by atoms with Gasteiger partial charge in [-0.3, -0.25) is 4.90 Å². The van der Waals surface area contributed by atoms with Gasteiger partial charge in [-0.15, -0.1) is 0 Å². The molecule has 22 heavy (non-hydrogen) atoms. The largest absolute Gasteiger partial charge is 0.494 e. The molecule has 1 aliphatic rings. The predicted molar refractivity (Wildman–Crippen MR) is 85.5 cm³/mol. The summed E-state index contributed by atoms with van der Waals surface area (Å²) < 4.78 is 10.9. The topological polar surface area (TPSA) is 43.2 Å². The molecule has 122 valence electrons. The van der Waals surface area contributed by atoms with Crippen LogP contribution in [0.5, 0.6) is 5.75 Å². The molecule has 0 saturated carbocycles. The number of carbonyl (C=O) groups excluding carboxylic acids is 1. The lowest BCUT2D eigenvalue weighted by Gasteiger charge is -2.30. The van der Waals surface area contributed by atoms with Crippen LogP contribution in [0.4, 0.5) is 0 Å². The van der Waals surface area contributed by atoms with Crippen molar-refractivity contribution in [2.45, 2.75) is 20.0 Å².